The van der Waals surface area contributed by atoms with Crippen LogP contribution in [0.3, 0.4) is 0 Å². The van der Waals surface area contributed by atoms with E-state index in [2.05, 4.69) is 43.1 Å². The summed E-state index contributed by atoms with van der Waals surface area (Å²) >= 11 is 0. The fraction of sp³-hybridized carbons (Fsp3) is 0.846. The van der Waals surface area contributed by atoms with Crippen molar-refractivity contribution >= 4 is 0 Å². The Morgan fingerprint density at radius 1 is 1.29 bits per heavy atom. The second kappa shape index (κ2) is 7.43. The minimum Gasteiger partial charge on any atom is -0.305 e. The monoisotopic (exact) mass is 238 g/mol. The third-order valence-electron chi connectivity index (χ3n) is 2.77. The molecule has 1 aromatic rings. The third kappa shape index (κ3) is 4.46. The number of unbranched alkanes of at least 4 members (excludes halogenated alkanes) is 1. The van der Waals surface area contributed by atoms with Crippen molar-refractivity contribution < 1.29 is 0 Å². The molecule has 0 fully saturated rings. The van der Waals surface area contributed by atoms with Crippen LogP contribution in [0.4, 0.5) is 0 Å². The summed E-state index contributed by atoms with van der Waals surface area (Å²) in [6.07, 6.45) is 6.35. The van der Waals surface area contributed by atoms with Crippen molar-refractivity contribution in [2.45, 2.75) is 72.0 Å². The Labute approximate surface area is 105 Å². The highest BCUT2D eigenvalue weighted by molar-refractivity contribution is 4.95. The van der Waals surface area contributed by atoms with Gasteiger partial charge < -0.3 is 5.32 Å². The van der Waals surface area contributed by atoms with Gasteiger partial charge in [-0.25, -0.2) is 9.67 Å². The topological polar surface area (TPSA) is 42.7 Å². The molecule has 1 unspecified atom stereocenters. The largest absolute Gasteiger partial charge is 0.305 e. The summed E-state index contributed by atoms with van der Waals surface area (Å²) in [5, 5.41) is 7.90. The van der Waals surface area contributed by atoms with Gasteiger partial charge in [0.25, 0.3) is 0 Å². The van der Waals surface area contributed by atoms with E-state index in [4.69, 9.17) is 0 Å². The Morgan fingerprint density at radius 2 is 2.06 bits per heavy atom. The second-order valence-corrected chi connectivity index (χ2v) is 4.86. The average molecular weight is 238 g/mol. The Kier molecular flexibility index (Phi) is 6.19. The van der Waals surface area contributed by atoms with Crippen molar-refractivity contribution in [1.29, 1.82) is 0 Å². The van der Waals surface area contributed by atoms with Gasteiger partial charge >= 0.3 is 0 Å². The number of hydrogen-bond acceptors (Lipinski definition) is 3. The molecule has 17 heavy (non-hydrogen) atoms. The fourth-order valence-electron chi connectivity index (χ4n) is 2.02. The van der Waals surface area contributed by atoms with Crippen LogP contribution in [0.5, 0.6) is 0 Å². The van der Waals surface area contributed by atoms with Crippen molar-refractivity contribution in [3.05, 3.63) is 12.2 Å². The van der Waals surface area contributed by atoms with Crippen LogP contribution in [-0.4, -0.2) is 20.8 Å². The van der Waals surface area contributed by atoms with E-state index in [0.717, 1.165) is 25.2 Å². The molecular weight excluding hydrogens is 212 g/mol. The van der Waals surface area contributed by atoms with Gasteiger partial charge in [-0.05, 0) is 12.8 Å². The van der Waals surface area contributed by atoms with Crippen LogP contribution in [-0.2, 0) is 6.54 Å². The molecule has 4 heteroatoms. The SMILES string of the molecule is CCCCC(NC(C)C)c1ncnn1CCC. The molecule has 0 saturated carbocycles. The van der Waals surface area contributed by atoms with Gasteiger partial charge in [-0.1, -0.05) is 40.5 Å². The first kappa shape index (κ1) is 14.2. The van der Waals surface area contributed by atoms with E-state index in [9.17, 15) is 0 Å². The van der Waals surface area contributed by atoms with Gasteiger partial charge in [-0.15, -0.1) is 0 Å². The maximum atomic E-state index is 4.43. The van der Waals surface area contributed by atoms with E-state index in [1.807, 2.05) is 4.68 Å². The third-order valence-corrected chi connectivity index (χ3v) is 2.77. The minimum absolute atomic E-state index is 0.337. The van der Waals surface area contributed by atoms with Gasteiger partial charge in [0.15, 0.2) is 0 Å². The lowest BCUT2D eigenvalue weighted by atomic mass is 10.1. The molecule has 0 aliphatic rings. The van der Waals surface area contributed by atoms with E-state index in [1.165, 1.54) is 12.8 Å². The van der Waals surface area contributed by atoms with E-state index in [1.54, 1.807) is 6.33 Å². The molecule has 0 amide bonds. The van der Waals surface area contributed by atoms with Crippen LogP contribution < -0.4 is 5.32 Å². The molecule has 1 N–H and O–H groups in total. The first-order chi connectivity index (χ1) is 8.19. The fourth-order valence-corrected chi connectivity index (χ4v) is 2.02. The van der Waals surface area contributed by atoms with Crippen molar-refractivity contribution in [1.82, 2.24) is 20.1 Å². The highest BCUT2D eigenvalue weighted by atomic mass is 15.3. The van der Waals surface area contributed by atoms with Crippen molar-refractivity contribution in [3.63, 3.8) is 0 Å². The molecule has 0 aliphatic carbocycles. The van der Waals surface area contributed by atoms with Crippen molar-refractivity contribution in [2.75, 3.05) is 0 Å². The number of aromatic nitrogens is 3. The lowest BCUT2D eigenvalue weighted by Gasteiger charge is -2.21. The van der Waals surface area contributed by atoms with Gasteiger partial charge in [-0.3, -0.25) is 0 Å². The number of nitrogens with one attached hydrogen (secondary N) is 1. The highest BCUT2D eigenvalue weighted by Gasteiger charge is 2.17. The Hall–Kier alpha value is -0.900. The summed E-state index contributed by atoms with van der Waals surface area (Å²) in [5.74, 6) is 1.09. The smallest absolute Gasteiger partial charge is 0.143 e. The molecule has 1 rings (SSSR count). The molecule has 4 nitrogen and oxygen atoms in total. The summed E-state index contributed by atoms with van der Waals surface area (Å²) in [6.45, 7) is 9.71. The molecule has 98 valence electrons. The highest BCUT2D eigenvalue weighted by Crippen LogP contribution is 2.18. The maximum Gasteiger partial charge on any atom is 0.143 e. The molecule has 0 spiro atoms. The van der Waals surface area contributed by atoms with E-state index >= 15 is 0 Å². The Balaban J connectivity index is 2.75. The van der Waals surface area contributed by atoms with E-state index in [-0.39, 0.29) is 0 Å². The quantitative estimate of drug-likeness (QED) is 0.757. The Morgan fingerprint density at radius 3 is 2.65 bits per heavy atom. The first-order valence-corrected chi connectivity index (χ1v) is 6.82. The molecule has 1 aromatic heterocycles. The van der Waals surface area contributed by atoms with Gasteiger partial charge in [0.2, 0.25) is 0 Å². The van der Waals surface area contributed by atoms with Gasteiger partial charge in [0.05, 0.1) is 6.04 Å². The zero-order valence-corrected chi connectivity index (χ0v) is 11.6. The van der Waals surface area contributed by atoms with Gasteiger partial charge in [0.1, 0.15) is 12.2 Å². The summed E-state index contributed by atoms with van der Waals surface area (Å²) in [6, 6.07) is 0.813. The van der Waals surface area contributed by atoms with Crippen LogP contribution in [0.2, 0.25) is 0 Å². The van der Waals surface area contributed by atoms with Crippen LogP contribution in [0.1, 0.15) is 65.2 Å². The number of nitrogens with zero attached hydrogens (tertiary/aromatic N) is 3. The lowest BCUT2D eigenvalue weighted by molar-refractivity contribution is 0.399. The molecule has 0 bridgehead atoms. The minimum atomic E-state index is 0.337. The lowest BCUT2D eigenvalue weighted by Crippen LogP contribution is -2.30. The summed E-state index contributed by atoms with van der Waals surface area (Å²) < 4.78 is 2.04. The number of aryl methyl sites for hydroxylation is 1. The molecular formula is C13H26N4. The first-order valence-electron chi connectivity index (χ1n) is 6.82. The molecule has 0 aliphatic heterocycles. The van der Waals surface area contributed by atoms with E-state index < -0.39 is 0 Å². The zero-order valence-electron chi connectivity index (χ0n) is 11.6. The van der Waals surface area contributed by atoms with Crippen LogP contribution in [0, 0.1) is 0 Å². The van der Waals surface area contributed by atoms with Gasteiger partial charge in [-0.2, -0.15) is 5.10 Å². The summed E-state index contributed by atoms with van der Waals surface area (Å²) in [4.78, 5) is 4.43. The molecule has 1 atom stereocenters. The van der Waals surface area contributed by atoms with Crippen LogP contribution >= 0.6 is 0 Å². The van der Waals surface area contributed by atoms with Crippen LogP contribution in [0.25, 0.3) is 0 Å². The van der Waals surface area contributed by atoms with E-state index in [0.29, 0.717) is 12.1 Å². The second-order valence-electron chi connectivity index (χ2n) is 4.86. The standard InChI is InChI=1S/C13H26N4/c1-5-7-8-12(16-11(3)4)13-14-10-15-17(13)9-6-2/h10-12,16H,5-9H2,1-4H3. The summed E-state index contributed by atoms with van der Waals surface area (Å²) in [5.41, 5.74) is 0. The average Bonchev–Trinajstić information content (AvgIpc) is 2.72. The Bertz CT molecular complexity index is 306. The molecule has 1 heterocycles. The molecule has 0 saturated heterocycles. The number of hydrogen-bond donors (Lipinski definition) is 1. The molecule has 0 aromatic carbocycles. The summed E-state index contributed by atoms with van der Waals surface area (Å²) in [7, 11) is 0. The predicted octanol–water partition coefficient (Wildman–Crippen LogP) is 2.92. The number of rotatable bonds is 8. The van der Waals surface area contributed by atoms with Gasteiger partial charge in [0, 0.05) is 12.6 Å². The molecule has 0 radical (unpaired) electrons. The van der Waals surface area contributed by atoms with Crippen LogP contribution in [0.15, 0.2) is 6.33 Å². The zero-order chi connectivity index (χ0) is 12.7. The van der Waals surface area contributed by atoms with Crippen molar-refractivity contribution in [3.8, 4) is 0 Å². The predicted molar refractivity (Wildman–Crippen MR) is 70.9 cm³/mol. The maximum absolute atomic E-state index is 4.43. The van der Waals surface area contributed by atoms with Crippen molar-refractivity contribution in [2.24, 2.45) is 0 Å². The normalized spacial score (nSPS) is 13.2.